The number of carbonyl (C=O) groups is 2. The van der Waals surface area contributed by atoms with Gasteiger partial charge in [-0.25, -0.2) is 4.39 Å². The molecule has 1 aliphatic rings. The van der Waals surface area contributed by atoms with Gasteiger partial charge in [-0.05, 0) is 79.2 Å². The van der Waals surface area contributed by atoms with Crippen LogP contribution in [0, 0.1) is 5.82 Å². The van der Waals surface area contributed by atoms with Crippen LogP contribution in [-0.2, 0) is 16.0 Å². The molecule has 3 aromatic rings. The second kappa shape index (κ2) is 13.8. The number of para-hydroxylation sites is 1. The summed E-state index contributed by atoms with van der Waals surface area (Å²) in [5.74, 6) is -0.0772. The van der Waals surface area contributed by atoms with Gasteiger partial charge in [-0.2, -0.15) is 0 Å². The van der Waals surface area contributed by atoms with Crippen molar-refractivity contribution in [2.45, 2.75) is 51.5 Å². The van der Waals surface area contributed by atoms with E-state index in [2.05, 4.69) is 12.2 Å². The average Bonchev–Trinajstić information content (AvgIpc) is 3.17. The quantitative estimate of drug-likeness (QED) is 0.199. The van der Waals surface area contributed by atoms with Crippen molar-refractivity contribution in [3.05, 3.63) is 90.2 Å². The van der Waals surface area contributed by atoms with Crippen molar-refractivity contribution >= 4 is 40.5 Å². The largest absolute Gasteiger partial charge is 0.494 e. The summed E-state index contributed by atoms with van der Waals surface area (Å²) in [6.07, 6.45) is 5.05. The van der Waals surface area contributed by atoms with Gasteiger partial charge in [-0.1, -0.05) is 56.5 Å². The molecule has 0 bridgehead atoms. The summed E-state index contributed by atoms with van der Waals surface area (Å²) in [6, 6.07) is 21.9. The number of hydrogen-bond donors (Lipinski definition) is 1. The third-order valence-corrected chi connectivity index (χ3v) is 7.09. The van der Waals surface area contributed by atoms with Crippen molar-refractivity contribution in [3.8, 4) is 5.75 Å². The van der Waals surface area contributed by atoms with Gasteiger partial charge in [0, 0.05) is 12.2 Å². The molecule has 0 aromatic heterocycles. The lowest BCUT2D eigenvalue weighted by Crippen LogP contribution is -2.39. The number of ether oxygens (including phenoxy) is 1. The van der Waals surface area contributed by atoms with Crippen molar-refractivity contribution in [1.82, 2.24) is 4.90 Å². The van der Waals surface area contributed by atoms with Crippen molar-refractivity contribution in [1.29, 1.82) is 0 Å². The number of carbonyl (C=O) groups excluding carboxylic acids is 2. The van der Waals surface area contributed by atoms with E-state index in [1.807, 2.05) is 42.5 Å². The van der Waals surface area contributed by atoms with Crippen molar-refractivity contribution in [2.24, 2.45) is 0 Å². The van der Waals surface area contributed by atoms with Crippen LogP contribution in [0.15, 0.2) is 78.9 Å². The van der Waals surface area contributed by atoms with Crippen molar-refractivity contribution < 1.29 is 18.7 Å². The minimum Gasteiger partial charge on any atom is -0.494 e. The molecule has 0 aliphatic carbocycles. The molecule has 0 radical (unpaired) electrons. The Bertz CT molecular complexity index is 1250. The maximum absolute atomic E-state index is 13.5. The van der Waals surface area contributed by atoms with E-state index in [-0.39, 0.29) is 24.1 Å². The Balaban J connectivity index is 1.41. The first kappa shape index (κ1) is 28.2. The molecule has 1 N–H and O–H groups in total. The van der Waals surface area contributed by atoms with Crippen LogP contribution in [0.4, 0.5) is 15.8 Å². The fourth-order valence-corrected chi connectivity index (χ4v) is 4.96. The molecule has 3 aromatic carbocycles. The number of nitrogens with zero attached hydrogens (tertiary/aromatic N) is 2. The second-order valence-electron chi connectivity index (χ2n) is 9.56. The SMILES string of the molecule is CCCCCCOc1ccc(NC(=O)CC2C(=O)N(c3ccccc3)C(=S)N2CCc2ccc(F)cc2)cc1. The van der Waals surface area contributed by atoms with Gasteiger partial charge >= 0.3 is 0 Å². The predicted molar refractivity (Wildman–Crippen MR) is 156 cm³/mol. The first-order valence-electron chi connectivity index (χ1n) is 13.4. The summed E-state index contributed by atoms with van der Waals surface area (Å²) < 4.78 is 19.1. The van der Waals surface area contributed by atoms with Gasteiger partial charge in [0.15, 0.2) is 5.11 Å². The summed E-state index contributed by atoms with van der Waals surface area (Å²) >= 11 is 5.71. The Morgan fingerprint density at radius 3 is 2.38 bits per heavy atom. The van der Waals surface area contributed by atoms with Gasteiger partial charge in [-0.15, -0.1) is 0 Å². The highest BCUT2D eigenvalue weighted by Crippen LogP contribution is 2.28. The first-order valence-corrected chi connectivity index (χ1v) is 13.8. The van der Waals surface area contributed by atoms with Crippen molar-refractivity contribution in [3.63, 3.8) is 0 Å². The summed E-state index contributed by atoms with van der Waals surface area (Å²) in [7, 11) is 0. The first-order chi connectivity index (χ1) is 19.0. The number of anilines is 2. The molecule has 1 saturated heterocycles. The standard InChI is InChI=1S/C31H34FN3O3S/c1-2-3-4-8-21-38-27-17-15-25(16-18-27)33-29(36)22-28-30(37)35(26-9-6-5-7-10-26)31(39)34(28)20-19-23-11-13-24(32)14-12-23/h5-7,9-18,28H,2-4,8,19-22H2,1H3,(H,33,36). The van der Waals surface area contributed by atoms with Crippen LogP contribution in [0.2, 0.25) is 0 Å². The lowest BCUT2D eigenvalue weighted by atomic mass is 10.1. The molecule has 1 unspecified atom stereocenters. The number of rotatable bonds is 13. The highest BCUT2D eigenvalue weighted by atomic mass is 32.1. The number of thiocarbonyl (C=S) groups is 1. The molecule has 204 valence electrons. The van der Waals surface area contributed by atoms with Crippen LogP contribution in [0.3, 0.4) is 0 Å². The topological polar surface area (TPSA) is 61.9 Å². The maximum Gasteiger partial charge on any atom is 0.256 e. The molecule has 39 heavy (non-hydrogen) atoms. The maximum atomic E-state index is 13.5. The predicted octanol–water partition coefficient (Wildman–Crippen LogP) is 6.36. The Hall–Kier alpha value is -3.78. The van der Waals surface area contributed by atoms with Crippen molar-refractivity contribution in [2.75, 3.05) is 23.4 Å². The summed E-state index contributed by atoms with van der Waals surface area (Å²) in [5, 5.41) is 3.25. The monoisotopic (exact) mass is 547 g/mol. The molecule has 4 rings (SSSR count). The van der Waals surface area contributed by atoms with Gasteiger partial charge in [0.05, 0.1) is 18.7 Å². The summed E-state index contributed by atoms with van der Waals surface area (Å²) in [5.41, 5.74) is 2.21. The zero-order valence-corrected chi connectivity index (χ0v) is 23.0. The molecule has 0 saturated carbocycles. The van der Waals surface area contributed by atoms with Gasteiger partial charge < -0.3 is 15.0 Å². The van der Waals surface area contributed by atoms with E-state index in [4.69, 9.17) is 17.0 Å². The van der Waals surface area contributed by atoms with Gasteiger partial charge in [0.2, 0.25) is 5.91 Å². The van der Waals surface area contributed by atoms with E-state index < -0.39 is 6.04 Å². The Morgan fingerprint density at radius 1 is 0.974 bits per heavy atom. The number of benzene rings is 3. The second-order valence-corrected chi connectivity index (χ2v) is 9.93. The van der Waals surface area contributed by atoms with Gasteiger partial charge in [0.1, 0.15) is 17.6 Å². The minimum absolute atomic E-state index is 0.0542. The lowest BCUT2D eigenvalue weighted by molar-refractivity contribution is -0.124. The molecule has 0 spiro atoms. The molecule has 1 atom stereocenters. The summed E-state index contributed by atoms with van der Waals surface area (Å²) in [6.45, 7) is 3.26. The molecule has 8 heteroatoms. The molecule has 2 amide bonds. The van der Waals surface area contributed by atoms with E-state index in [9.17, 15) is 14.0 Å². The third-order valence-electron chi connectivity index (χ3n) is 6.67. The van der Waals surface area contributed by atoms with Crippen LogP contribution in [0.25, 0.3) is 0 Å². The number of halogens is 1. The van der Waals surface area contributed by atoms with E-state index in [1.165, 1.54) is 29.9 Å². The van der Waals surface area contributed by atoms with E-state index in [1.54, 1.807) is 29.2 Å². The highest BCUT2D eigenvalue weighted by molar-refractivity contribution is 7.80. The Morgan fingerprint density at radius 2 is 1.69 bits per heavy atom. The van der Waals surface area contributed by atoms with Crippen LogP contribution < -0.4 is 15.0 Å². The van der Waals surface area contributed by atoms with Crippen LogP contribution in [0.5, 0.6) is 5.75 Å². The number of amides is 2. The highest BCUT2D eigenvalue weighted by Gasteiger charge is 2.43. The van der Waals surface area contributed by atoms with Gasteiger partial charge in [0.25, 0.3) is 5.91 Å². The summed E-state index contributed by atoms with van der Waals surface area (Å²) in [4.78, 5) is 29.9. The van der Waals surface area contributed by atoms with Gasteiger partial charge in [-0.3, -0.25) is 14.5 Å². The fourth-order valence-electron chi connectivity index (χ4n) is 4.54. The van der Waals surface area contributed by atoms with E-state index >= 15 is 0 Å². The normalized spacial score (nSPS) is 15.1. The zero-order chi connectivity index (χ0) is 27.6. The lowest BCUT2D eigenvalue weighted by Gasteiger charge is -2.24. The number of nitrogens with one attached hydrogen (secondary N) is 1. The van der Waals surface area contributed by atoms with Crippen LogP contribution in [0.1, 0.15) is 44.6 Å². The van der Waals surface area contributed by atoms with E-state index in [0.29, 0.717) is 36.1 Å². The number of unbranched alkanes of at least 4 members (excludes halogenated alkanes) is 3. The Labute approximate surface area is 234 Å². The molecule has 1 aliphatic heterocycles. The third kappa shape index (κ3) is 7.63. The Kier molecular flexibility index (Phi) is 10.0. The smallest absolute Gasteiger partial charge is 0.256 e. The van der Waals surface area contributed by atoms with E-state index in [0.717, 1.165) is 24.2 Å². The average molecular weight is 548 g/mol. The number of hydrogen-bond acceptors (Lipinski definition) is 4. The molecule has 1 heterocycles. The zero-order valence-electron chi connectivity index (χ0n) is 22.1. The molecule has 1 fully saturated rings. The molecular formula is C31H34FN3O3S. The fraction of sp³-hybridized carbons (Fsp3) is 0.323. The molecule has 6 nitrogen and oxygen atoms in total. The molecular weight excluding hydrogens is 513 g/mol. The van der Waals surface area contributed by atoms with Crippen LogP contribution >= 0.6 is 12.2 Å². The van der Waals surface area contributed by atoms with Crippen LogP contribution in [-0.4, -0.2) is 41.0 Å². The minimum atomic E-state index is -0.746.